The van der Waals surface area contributed by atoms with Crippen LogP contribution >= 0.6 is 0 Å². The van der Waals surface area contributed by atoms with Gasteiger partial charge >= 0.3 is 0 Å². The van der Waals surface area contributed by atoms with Crippen molar-refractivity contribution in [3.05, 3.63) is 0 Å². The van der Waals surface area contributed by atoms with E-state index in [1.54, 1.807) is 6.42 Å². The lowest BCUT2D eigenvalue weighted by Gasteiger charge is -2.32. The van der Waals surface area contributed by atoms with Crippen molar-refractivity contribution in [2.75, 3.05) is 7.11 Å². The van der Waals surface area contributed by atoms with Crippen LogP contribution in [0.3, 0.4) is 0 Å². The minimum atomic E-state index is 0.489. The molecule has 2 bridgehead atoms. The Morgan fingerprint density at radius 1 is 0.941 bits per heavy atom. The van der Waals surface area contributed by atoms with Crippen molar-refractivity contribution in [2.45, 2.75) is 63.1 Å². The van der Waals surface area contributed by atoms with Crippen LogP contribution in [0.1, 0.15) is 44.9 Å². The Bertz CT molecular complexity index is 289. The van der Waals surface area contributed by atoms with Crippen LogP contribution in [0.15, 0.2) is 0 Å². The fourth-order valence-corrected chi connectivity index (χ4v) is 5.37. The van der Waals surface area contributed by atoms with E-state index in [9.17, 15) is 0 Å². The number of hydrogen-bond acceptors (Lipinski definition) is 2. The van der Waals surface area contributed by atoms with Crippen LogP contribution in [-0.2, 0) is 4.74 Å². The maximum Gasteiger partial charge on any atom is 0.0724 e. The van der Waals surface area contributed by atoms with Crippen molar-refractivity contribution in [3.63, 3.8) is 0 Å². The van der Waals surface area contributed by atoms with Gasteiger partial charge in [0.1, 0.15) is 0 Å². The van der Waals surface area contributed by atoms with Crippen molar-refractivity contribution < 1.29 is 4.74 Å². The van der Waals surface area contributed by atoms with Gasteiger partial charge < -0.3 is 10.1 Å². The third kappa shape index (κ3) is 1.60. The van der Waals surface area contributed by atoms with Crippen LogP contribution < -0.4 is 5.32 Å². The molecule has 1 N–H and O–H groups in total. The molecule has 4 aliphatic carbocycles. The second-order valence-electron chi connectivity index (χ2n) is 6.85. The molecule has 6 unspecified atom stereocenters. The van der Waals surface area contributed by atoms with E-state index in [1.165, 1.54) is 38.5 Å². The highest BCUT2D eigenvalue weighted by Crippen LogP contribution is 2.65. The fraction of sp³-hybridized carbons (Fsp3) is 1.00. The van der Waals surface area contributed by atoms with Gasteiger partial charge in [-0.2, -0.15) is 0 Å². The molecule has 2 nitrogen and oxygen atoms in total. The number of methoxy groups -OCH3 is 1. The van der Waals surface area contributed by atoms with Crippen LogP contribution in [0.2, 0.25) is 0 Å². The molecular formula is C15H25NO. The molecule has 0 aromatic rings. The van der Waals surface area contributed by atoms with E-state index in [4.69, 9.17) is 4.74 Å². The summed E-state index contributed by atoms with van der Waals surface area (Å²) in [6.07, 6.45) is 10.5. The highest BCUT2D eigenvalue weighted by molar-refractivity contribution is 5.17. The van der Waals surface area contributed by atoms with Crippen molar-refractivity contribution in [3.8, 4) is 0 Å². The molecule has 96 valence electrons. The first-order valence-corrected chi connectivity index (χ1v) is 7.67. The summed E-state index contributed by atoms with van der Waals surface area (Å²) in [6.45, 7) is 0. The smallest absolute Gasteiger partial charge is 0.0724 e. The first-order chi connectivity index (χ1) is 8.38. The SMILES string of the molecule is COC1CCCCC1NC1C2C3CCC(C3)C12. The topological polar surface area (TPSA) is 21.3 Å². The van der Waals surface area contributed by atoms with E-state index in [0.717, 1.165) is 29.7 Å². The summed E-state index contributed by atoms with van der Waals surface area (Å²) >= 11 is 0. The number of rotatable bonds is 3. The number of ether oxygens (including phenoxy) is 1. The van der Waals surface area contributed by atoms with Gasteiger partial charge in [0.15, 0.2) is 0 Å². The third-order valence-electron chi connectivity index (χ3n) is 6.15. The van der Waals surface area contributed by atoms with E-state index in [0.29, 0.717) is 12.1 Å². The summed E-state index contributed by atoms with van der Waals surface area (Å²) in [6, 6.07) is 1.53. The lowest BCUT2D eigenvalue weighted by Crippen LogP contribution is -2.45. The first-order valence-electron chi connectivity index (χ1n) is 7.67. The maximum absolute atomic E-state index is 5.66. The molecule has 0 aliphatic heterocycles. The molecule has 0 heterocycles. The minimum absolute atomic E-state index is 0.489. The summed E-state index contributed by atoms with van der Waals surface area (Å²) in [7, 11) is 1.89. The van der Waals surface area contributed by atoms with Gasteiger partial charge in [-0.15, -0.1) is 0 Å². The predicted octanol–water partition coefficient (Wildman–Crippen LogP) is 2.58. The molecule has 0 aromatic heterocycles. The first kappa shape index (κ1) is 10.8. The summed E-state index contributed by atoms with van der Waals surface area (Å²) in [5, 5.41) is 3.97. The van der Waals surface area contributed by atoms with Gasteiger partial charge in [0.05, 0.1) is 6.10 Å². The summed E-state index contributed by atoms with van der Waals surface area (Å²) in [5.41, 5.74) is 0. The molecule has 4 fully saturated rings. The van der Waals surface area contributed by atoms with Gasteiger partial charge in [0.2, 0.25) is 0 Å². The molecule has 0 spiro atoms. The molecule has 17 heavy (non-hydrogen) atoms. The third-order valence-corrected chi connectivity index (χ3v) is 6.15. The average molecular weight is 235 g/mol. The molecule has 2 heteroatoms. The Kier molecular flexibility index (Phi) is 2.52. The van der Waals surface area contributed by atoms with Crippen LogP contribution in [0.4, 0.5) is 0 Å². The lowest BCUT2D eigenvalue weighted by atomic mass is 9.92. The van der Waals surface area contributed by atoms with Crippen molar-refractivity contribution >= 4 is 0 Å². The Labute approximate surface area is 104 Å². The van der Waals surface area contributed by atoms with Crippen LogP contribution in [0.5, 0.6) is 0 Å². The zero-order valence-electron chi connectivity index (χ0n) is 10.9. The predicted molar refractivity (Wildman–Crippen MR) is 67.8 cm³/mol. The largest absolute Gasteiger partial charge is 0.380 e. The lowest BCUT2D eigenvalue weighted by molar-refractivity contribution is 0.0396. The second kappa shape index (κ2) is 3.96. The van der Waals surface area contributed by atoms with Crippen molar-refractivity contribution in [1.29, 1.82) is 0 Å². The van der Waals surface area contributed by atoms with Gasteiger partial charge in [-0.25, -0.2) is 0 Å². The second-order valence-corrected chi connectivity index (χ2v) is 6.85. The summed E-state index contributed by atoms with van der Waals surface area (Å²) in [5.74, 6) is 4.31. The van der Waals surface area contributed by atoms with Gasteiger partial charge in [-0.1, -0.05) is 12.8 Å². The standard InChI is InChI=1S/C15H25NO/c1-17-12-5-3-2-4-11(12)16-15-13-9-6-7-10(8-9)14(13)15/h9-16H,2-8H2,1H3. The summed E-state index contributed by atoms with van der Waals surface area (Å²) in [4.78, 5) is 0. The van der Waals surface area contributed by atoms with Crippen LogP contribution in [-0.4, -0.2) is 25.3 Å². The van der Waals surface area contributed by atoms with E-state index in [2.05, 4.69) is 5.32 Å². The van der Waals surface area contributed by atoms with E-state index in [-0.39, 0.29) is 0 Å². The average Bonchev–Trinajstić information content (AvgIpc) is 2.77. The Balaban J connectivity index is 1.39. The molecule has 4 saturated carbocycles. The Morgan fingerprint density at radius 3 is 2.35 bits per heavy atom. The number of nitrogens with one attached hydrogen (secondary N) is 1. The normalized spacial score (nSPS) is 55.9. The van der Waals surface area contributed by atoms with Crippen molar-refractivity contribution in [2.24, 2.45) is 23.7 Å². The molecule has 0 radical (unpaired) electrons. The summed E-state index contributed by atoms with van der Waals surface area (Å²) < 4.78 is 5.66. The molecule has 4 rings (SSSR count). The monoisotopic (exact) mass is 235 g/mol. The molecule has 0 aromatic carbocycles. The van der Waals surface area contributed by atoms with Gasteiger partial charge in [-0.05, 0) is 55.8 Å². The van der Waals surface area contributed by atoms with Crippen LogP contribution in [0, 0.1) is 23.7 Å². The number of hydrogen-bond donors (Lipinski definition) is 1. The van der Waals surface area contributed by atoms with Crippen molar-refractivity contribution in [1.82, 2.24) is 5.32 Å². The molecule has 0 amide bonds. The molecule has 4 aliphatic rings. The van der Waals surface area contributed by atoms with E-state index >= 15 is 0 Å². The molecule has 6 atom stereocenters. The molecule has 0 saturated heterocycles. The zero-order chi connectivity index (χ0) is 11.4. The fourth-order valence-electron chi connectivity index (χ4n) is 5.37. The molecular weight excluding hydrogens is 210 g/mol. The maximum atomic E-state index is 5.66. The van der Waals surface area contributed by atoms with Gasteiger partial charge in [0.25, 0.3) is 0 Å². The van der Waals surface area contributed by atoms with E-state index < -0.39 is 0 Å². The minimum Gasteiger partial charge on any atom is -0.380 e. The van der Waals surface area contributed by atoms with Gasteiger partial charge in [0, 0.05) is 19.2 Å². The Morgan fingerprint density at radius 2 is 1.65 bits per heavy atom. The highest BCUT2D eigenvalue weighted by atomic mass is 16.5. The Hall–Kier alpha value is -0.0800. The zero-order valence-corrected chi connectivity index (χ0v) is 10.9. The number of fused-ring (bicyclic) bond motifs is 5. The van der Waals surface area contributed by atoms with E-state index in [1.807, 2.05) is 7.11 Å². The van der Waals surface area contributed by atoms with Gasteiger partial charge in [-0.3, -0.25) is 0 Å². The highest BCUT2D eigenvalue weighted by Gasteiger charge is 2.65. The van der Waals surface area contributed by atoms with Crippen LogP contribution in [0.25, 0.3) is 0 Å². The quantitative estimate of drug-likeness (QED) is 0.812.